The van der Waals surface area contributed by atoms with Crippen LogP contribution in [0, 0.1) is 0 Å². The smallest absolute Gasteiger partial charge is 0.299 e. The van der Waals surface area contributed by atoms with Crippen molar-refractivity contribution in [3.8, 4) is 0 Å². The van der Waals surface area contributed by atoms with Gasteiger partial charge in [-0.1, -0.05) is 0 Å². The quantitative estimate of drug-likeness (QED) is 0.907. The minimum Gasteiger partial charge on any atom is -0.299 e. The van der Waals surface area contributed by atoms with Crippen LogP contribution in [0.4, 0.5) is 13.2 Å². The highest BCUT2D eigenvalue weighted by molar-refractivity contribution is 7.89. The number of hydrogen-bond donors (Lipinski definition) is 1. The van der Waals surface area contributed by atoms with E-state index in [-0.39, 0.29) is 12.1 Å². The number of alkyl halides is 3. The van der Waals surface area contributed by atoms with E-state index >= 15 is 0 Å². The van der Waals surface area contributed by atoms with Crippen LogP contribution in [0.25, 0.3) is 0 Å². The zero-order valence-electron chi connectivity index (χ0n) is 12.4. The van der Waals surface area contributed by atoms with Gasteiger partial charge in [0, 0.05) is 18.3 Å². The van der Waals surface area contributed by atoms with E-state index in [0.717, 1.165) is 44.6 Å². The molecule has 5 nitrogen and oxygen atoms in total. The molecule has 0 spiro atoms. The van der Waals surface area contributed by atoms with Gasteiger partial charge in [-0.3, -0.25) is 9.88 Å². The molecule has 2 saturated heterocycles. The molecule has 2 fully saturated rings. The lowest BCUT2D eigenvalue weighted by Crippen LogP contribution is -2.52. The number of aromatic nitrogens is 1. The number of pyridine rings is 1. The molecule has 0 aromatic carbocycles. The van der Waals surface area contributed by atoms with Crippen LogP contribution in [-0.2, 0) is 16.2 Å². The van der Waals surface area contributed by atoms with Crippen LogP contribution >= 0.6 is 0 Å². The summed E-state index contributed by atoms with van der Waals surface area (Å²) in [5.41, 5.74) is -1.37. The summed E-state index contributed by atoms with van der Waals surface area (Å²) in [6.45, 7) is 1.84. The van der Waals surface area contributed by atoms with E-state index in [9.17, 15) is 21.6 Å². The van der Waals surface area contributed by atoms with Gasteiger partial charge < -0.3 is 0 Å². The molecule has 3 rings (SSSR count). The number of piperidine rings is 1. The van der Waals surface area contributed by atoms with Gasteiger partial charge in [-0.2, -0.15) is 13.2 Å². The highest BCUT2D eigenvalue weighted by atomic mass is 32.2. The van der Waals surface area contributed by atoms with Crippen molar-refractivity contribution in [2.75, 3.05) is 13.1 Å². The zero-order chi connectivity index (χ0) is 16.7. The molecule has 128 valence electrons. The Morgan fingerprint density at radius 3 is 2.61 bits per heavy atom. The minimum atomic E-state index is -4.81. The first-order valence-corrected chi connectivity index (χ1v) is 9.06. The number of sulfonamides is 1. The maximum Gasteiger partial charge on any atom is 0.434 e. The van der Waals surface area contributed by atoms with Gasteiger partial charge in [0.1, 0.15) is 4.90 Å². The summed E-state index contributed by atoms with van der Waals surface area (Å²) < 4.78 is 66.5. The van der Waals surface area contributed by atoms with E-state index in [2.05, 4.69) is 14.6 Å². The van der Waals surface area contributed by atoms with Crippen molar-refractivity contribution < 1.29 is 21.6 Å². The molecule has 0 bridgehead atoms. The van der Waals surface area contributed by atoms with Crippen molar-refractivity contribution in [3.63, 3.8) is 0 Å². The van der Waals surface area contributed by atoms with Crippen LogP contribution in [0.5, 0.6) is 0 Å². The lowest BCUT2D eigenvalue weighted by molar-refractivity contribution is -0.143. The number of rotatable bonds is 3. The van der Waals surface area contributed by atoms with E-state index in [0.29, 0.717) is 6.42 Å². The Kier molecular flexibility index (Phi) is 4.37. The summed E-state index contributed by atoms with van der Waals surface area (Å²) in [7, 11) is -4.27. The predicted molar refractivity (Wildman–Crippen MR) is 77.2 cm³/mol. The van der Waals surface area contributed by atoms with Crippen LogP contribution in [-0.4, -0.2) is 43.5 Å². The molecule has 1 N–H and O–H groups in total. The van der Waals surface area contributed by atoms with Gasteiger partial charge in [0.2, 0.25) is 10.0 Å². The van der Waals surface area contributed by atoms with Crippen molar-refractivity contribution >= 4 is 10.0 Å². The van der Waals surface area contributed by atoms with E-state index in [1.807, 2.05) is 0 Å². The van der Waals surface area contributed by atoms with Gasteiger partial charge >= 0.3 is 6.18 Å². The average molecular weight is 349 g/mol. The fourth-order valence-corrected chi connectivity index (χ4v) is 4.99. The lowest BCUT2D eigenvalue weighted by Gasteiger charge is -2.36. The maximum absolute atomic E-state index is 13.0. The van der Waals surface area contributed by atoms with Crippen LogP contribution in [0.3, 0.4) is 0 Å². The van der Waals surface area contributed by atoms with Crippen LogP contribution in [0.1, 0.15) is 31.4 Å². The SMILES string of the molecule is O=S(=O)(N[C@H]1CCCN2CCC[C@@H]12)c1cccnc1C(F)(F)F. The van der Waals surface area contributed by atoms with Crippen LogP contribution in [0.15, 0.2) is 23.2 Å². The van der Waals surface area contributed by atoms with Gasteiger partial charge in [0.05, 0.1) is 0 Å². The minimum absolute atomic E-state index is 0.0736. The highest BCUT2D eigenvalue weighted by Gasteiger charge is 2.41. The van der Waals surface area contributed by atoms with Crippen molar-refractivity contribution in [2.45, 2.75) is 48.8 Å². The molecule has 2 aliphatic heterocycles. The molecule has 0 amide bonds. The molecule has 2 atom stereocenters. The van der Waals surface area contributed by atoms with E-state index in [4.69, 9.17) is 0 Å². The number of nitrogens with one attached hydrogen (secondary N) is 1. The van der Waals surface area contributed by atoms with E-state index in [1.54, 1.807) is 0 Å². The van der Waals surface area contributed by atoms with Gasteiger partial charge in [-0.05, 0) is 50.9 Å². The first-order chi connectivity index (χ1) is 10.8. The van der Waals surface area contributed by atoms with Crippen molar-refractivity contribution in [1.29, 1.82) is 0 Å². The molecule has 9 heteroatoms. The summed E-state index contributed by atoms with van der Waals surface area (Å²) in [5.74, 6) is 0. The molecule has 2 aliphatic rings. The standard InChI is InChI=1S/C14H18F3N3O2S/c15-14(16,17)13-12(6-1-7-18-13)23(21,22)19-10-4-2-8-20-9-3-5-11(10)20/h1,6-7,10-11,19H,2-5,8-9H2/t10-,11-/m0/s1. The molecule has 3 heterocycles. The predicted octanol–water partition coefficient (Wildman–Crippen LogP) is 2.01. The van der Waals surface area contributed by atoms with E-state index in [1.165, 1.54) is 6.07 Å². The molecule has 23 heavy (non-hydrogen) atoms. The molecular weight excluding hydrogens is 331 g/mol. The first-order valence-electron chi connectivity index (χ1n) is 7.57. The molecule has 0 radical (unpaired) electrons. The zero-order valence-corrected chi connectivity index (χ0v) is 13.2. The first kappa shape index (κ1) is 16.7. The van der Waals surface area contributed by atoms with Gasteiger partial charge in [0.15, 0.2) is 5.69 Å². The van der Waals surface area contributed by atoms with Gasteiger partial charge in [0.25, 0.3) is 0 Å². The molecular formula is C14H18F3N3O2S. The monoisotopic (exact) mass is 349 g/mol. The average Bonchev–Trinajstić information content (AvgIpc) is 2.96. The van der Waals surface area contributed by atoms with Crippen LogP contribution in [0.2, 0.25) is 0 Å². The van der Waals surface area contributed by atoms with Gasteiger partial charge in [-0.25, -0.2) is 13.1 Å². The third-order valence-electron chi connectivity index (χ3n) is 4.47. The Morgan fingerprint density at radius 1 is 1.22 bits per heavy atom. The Bertz CT molecular complexity index is 678. The van der Waals surface area contributed by atoms with Crippen molar-refractivity contribution in [2.24, 2.45) is 0 Å². The third kappa shape index (κ3) is 3.36. The second kappa shape index (κ2) is 6.03. The lowest BCUT2D eigenvalue weighted by atomic mass is 9.97. The fourth-order valence-electron chi connectivity index (χ4n) is 3.51. The normalized spacial score (nSPS) is 26.2. The topological polar surface area (TPSA) is 62.3 Å². The third-order valence-corrected chi connectivity index (χ3v) is 6.00. The summed E-state index contributed by atoms with van der Waals surface area (Å²) in [6.07, 6.45) is -0.529. The second-order valence-corrected chi connectivity index (χ2v) is 7.65. The maximum atomic E-state index is 13.0. The molecule has 0 saturated carbocycles. The second-order valence-electron chi connectivity index (χ2n) is 5.96. The molecule has 0 unspecified atom stereocenters. The molecule has 0 aliphatic carbocycles. The summed E-state index contributed by atoms with van der Waals surface area (Å²) in [5, 5.41) is 0. The highest BCUT2D eigenvalue weighted by Crippen LogP contribution is 2.33. The Morgan fingerprint density at radius 2 is 1.91 bits per heavy atom. The fraction of sp³-hybridized carbons (Fsp3) is 0.643. The number of nitrogens with zero attached hydrogens (tertiary/aromatic N) is 2. The Balaban J connectivity index is 1.88. The largest absolute Gasteiger partial charge is 0.434 e. The summed E-state index contributed by atoms with van der Waals surface area (Å²) in [4.78, 5) is 4.63. The Labute approximate surface area is 132 Å². The van der Waals surface area contributed by atoms with Gasteiger partial charge in [-0.15, -0.1) is 0 Å². The number of fused-ring (bicyclic) bond motifs is 1. The summed E-state index contributed by atoms with van der Waals surface area (Å²) >= 11 is 0. The number of hydrogen-bond acceptors (Lipinski definition) is 4. The Hall–Kier alpha value is -1.19. The van der Waals surface area contributed by atoms with Crippen LogP contribution < -0.4 is 4.72 Å². The molecule has 1 aromatic heterocycles. The summed E-state index contributed by atoms with van der Waals surface area (Å²) in [6, 6.07) is 1.88. The van der Waals surface area contributed by atoms with Crippen molar-refractivity contribution in [1.82, 2.24) is 14.6 Å². The van der Waals surface area contributed by atoms with Crippen molar-refractivity contribution in [3.05, 3.63) is 24.0 Å². The van der Waals surface area contributed by atoms with E-state index < -0.39 is 26.8 Å². The number of halogens is 3. The molecule has 1 aromatic rings.